The Labute approximate surface area is 153 Å². The third kappa shape index (κ3) is 3.92. The quantitative estimate of drug-likeness (QED) is 0.690. The van der Waals surface area contributed by atoms with Crippen LogP contribution in [0.4, 0.5) is 0 Å². The van der Waals surface area contributed by atoms with E-state index in [2.05, 4.69) is 17.1 Å². The van der Waals surface area contributed by atoms with Crippen molar-refractivity contribution in [2.45, 2.75) is 43.8 Å². The largest absolute Gasteiger partial charge is 0.427 e. The molecule has 6 heteroatoms. The zero-order chi connectivity index (χ0) is 18.1. The minimum Gasteiger partial charge on any atom is -0.427 e. The van der Waals surface area contributed by atoms with Gasteiger partial charge in [0.25, 0.3) is 0 Å². The van der Waals surface area contributed by atoms with Crippen LogP contribution in [0, 0.1) is 0 Å². The Hall–Kier alpha value is -1.76. The van der Waals surface area contributed by atoms with Gasteiger partial charge in [-0.2, -0.15) is 0 Å². The summed E-state index contributed by atoms with van der Waals surface area (Å²) in [7, 11) is 1.71. The predicted octanol–water partition coefficient (Wildman–Crippen LogP) is 3.40. The first-order valence-electron chi connectivity index (χ1n) is 8.21. The normalized spacial score (nSPS) is 12.5. The maximum absolute atomic E-state index is 10.2. The predicted molar refractivity (Wildman–Crippen MR) is 104 cm³/mol. The highest BCUT2D eigenvalue weighted by Crippen LogP contribution is 2.26. The minimum absolute atomic E-state index is 0.704. The molecule has 129 valence electrons. The topological polar surface area (TPSA) is 47.3 Å². The van der Waals surface area contributed by atoms with Gasteiger partial charge in [-0.25, -0.2) is 4.98 Å². The molecule has 25 heavy (non-hydrogen) atoms. The van der Waals surface area contributed by atoms with E-state index in [4.69, 9.17) is 4.65 Å². The zero-order valence-corrected chi connectivity index (χ0v) is 15.7. The number of pyridine rings is 1. The van der Waals surface area contributed by atoms with Gasteiger partial charge in [-0.1, -0.05) is 18.2 Å². The van der Waals surface area contributed by atoms with E-state index in [1.807, 2.05) is 54.3 Å². The smallest absolute Gasteiger partial charge is 0.331 e. The van der Waals surface area contributed by atoms with Gasteiger partial charge < -0.3 is 9.76 Å². The lowest BCUT2D eigenvalue weighted by atomic mass is 9.82. The number of aliphatic hydroxyl groups is 1. The summed E-state index contributed by atoms with van der Waals surface area (Å²) in [4.78, 5) is 5.66. The summed E-state index contributed by atoms with van der Waals surface area (Å²) in [5.41, 5.74) is 0.163. The lowest BCUT2D eigenvalue weighted by molar-refractivity contribution is -0.0893. The van der Waals surface area contributed by atoms with Crippen LogP contribution in [0.5, 0.6) is 0 Å². The lowest BCUT2D eigenvalue weighted by Crippen LogP contribution is -2.49. The molecule has 3 rings (SSSR count). The van der Waals surface area contributed by atoms with Crippen LogP contribution in [0.1, 0.15) is 27.7 Å². The molecule has 1 aromatic carbocycles. The molecule has 0 atom stereocenters. The Kier molecular flexibility index (Phi) is 4.96. The SMILES string of the molecule is CC(C)(O)C(C)(C)O[B]c1ccnc2c1ccn2Sc1ccccc1. The lowest BCUT2D eigenvalue weighted by Gasteiger charge is -2.37. The number of fused-ring (bicyclic) bond motifs is 1. The van der Waals surface area contributed by atoms with Crippen LogP contribution in [0.2, 0.25) is 0 Å². The number of hydrogen-bond acceptors (Lipinski definition) is 4. The fourth-order valence-corrected chi connectivity index (χ4v) is 3.02. The molecular weight excluding hydrogens is 331 g/mol. The number of nitrogens with zero attached hydrogens (tertiary/aromatic N) is 2. The van der Waals surface area contributed by atoms with Gasteiger partial charge in [-0.15, -0.1) is 0 Å². The molecule has 0 aliphatic heterocycles. The molecule has 0 bridgehead atoms. The summed E-state index contributed by atoms with van der Waals surface area (Å²) in [6.07, 6.45) is 3.78. The second kappa shape index (κ2) is 6.86. The van der Waals surface area contributed by atoms with Crippen LogP contribution in [-0.4, -0.2) is 32.7 Å². The van der Waals surface area contributed by atoms with Gasteiger partial charge in [0.1, 0.15) is 5.65 Å². The molecule has 3 aromatic rings. The van der Waals surface area contributed by atoms with Crippen molar-refractivity contribution in [2.24, 2.45) is 0 Å². The molecule has 0 fully saturated rings. The third-order valence-corrected chi connectivity index (χ3v) is 5.46. The van der Waals surface area contributed by atoms with Gasteiger partial charge in [-0.3, -0.25) is 3.97 Å². The Bertz CT molecular complexity index is 857. The Morgan fingerprint density at radius 1 is 1.08 bits per heavy atom. The highest BCUT2D eigenvalue weighted by Gasteiger charge is 2.35. The van der Waals surface area contributed by atoms with Crippen molar-refractivity contribution < 1.29 is 9.76 Å². The molecule has 1 N–H and O–H groups in total. The molecule has 1 radical (unpaired) electrons. The summed E-state index contributed by atoms with van der Waals surface area (Å²) in [6.45, 7) is 7.24. The summed E-state index contributed by atoms with van der Waals surface area (Å²) in [5, 5.41) is 11.3. The van der Waals surface area contributed by atoms with Crippen molar-refractivity contribution in [2.75, 3.05) is 0 Å². The number of rotatable bonds is 6. The van der Waals surface area contributed by atoms with Crippen molar-refractivity contribution in [1.82, 2.24) is 8.96 Å². The molecule has 0 unspecified atom stereocenters. The Morgan fingerprint density at radius 3 is 2.48 bits per heavy atom. The Morgan fingerprint density at radius 2 is 1.80 bits per heavy atom. The summed E-state index contributed by atoms with van der Waals surface area (Å²) in [6, 6.07) is 14.1. The highest BCUT2D eigenvalue weighted by molar-refractivity contribution is 7.98. The number of benzene rings is 1. The van der Waals surface area contributed by atoms with Crippen LogP contribution in [0.3, 0.4) is 0 Å². The van der Waals surface area contributed by atoms with E-state index in [1.54, 1.807) is 39.5 Å². The maximum Gasteiger partial charge on any atom is 0.331 e. The van der Waals surface area contributed by atoms with E-state index in [-0.39, 0.29) is 0 Å². The van der Waals surface area contributed by atoms with Crippen LogP contribution in [-0.2, 0) is 4.65 Å². The fraction of sp³-hybridized carbons (Fsp3) is 0.316. The van der Waals surface area contributed by atoms with E-state index < -0.39 is 11.2 Å². The van der Waals surface area contributed by atoms with E-state index in [9.17, 15) is 5.11 Å². The highest BCUT2D eigenvalue weighted by atomic mass is 32.2. The summed E-state index contributed by atoms with van der Waals surface area (Å²) >= 11 is 1.62. The summed E-state index contributed by atoms with van der Waals surface area (Å²) < 4.78 is 7.94. The molecule has 2 aromatic heterocycles. The Balaban J connectivity index is 1.84. The second-order valence-electron chi connectivity index (χ2n) is 6.99. The average molecular weight is 353 g/mol. The maximum atomic E-state index is 10.2. The van der Waals surface area contributed by atoms with Crippen molar-refractivity contribution in [1.29, 1.82) is 0 Å². The van der Waals surface area contributed by atoms with Gasteiger partial charge in [0.2, 0.25) is 0 Å². The van der Waals surface area contributed by atoms with E-state index in [0.29, 0.717) is 0 Å². The van der Waals surface area contributed by atoms with E-state index in [1.165, 1.54) is 0 Å². The van der Waals surface area contributed by atoms with Gasteiger partial charge in [0.15, 0.2) is 0 Å². The standard InChI is InChI=1S/C19H22BN2O2S/c1-18(2,23)19(3,4)24-20-16-10-12-21-17-15(16)11-13-22(17)25-14-8-6-5-7-9-14/h5-13,23H,1-4H3. The monoisotopic (exact) mass is 353 g/mol. The molecule has 0 saturated heterocycles. The van der Waals surface area contributed by atoms with Crippen LogP contribution < -0.4 is 5.46 Å². The van der Waals surface area contributed by atoms with Crippen LogP contribution >= 0.6 is 11.9 Å². The molecular formula is C19H22BN2O2S. The van der Waals surface area contributed by atoms with E-state index >= 15 is 0 Å². The second-order valence-corrected chi connectivity index (χ2v) is 8.04. The van der Waals surface area contributed by atoms with Gasteiger partial charge in [0.05, 0.1) is 11.2 Å². The first kappa shape index (κ1) is 18.0. The molecule has 0 spiro atoms. The molecule has 0 aliphatic rings. The average Bonchev–Trinajstić information content (AvgIpc) is 2.96. The molecule has 2 heterocycles. The van der Waals surface area contributed by atoms with Crippen molar-refractivity contribution in [3.05, 3.63) is 54.9 Å². The third-order valence-electron chi connectivity index (χ3n) is 4.49. The van der Waals surface area contributed by atoms with Crippen molar-refractivity contribution in [3.63, 3.8) is 0 Å². The van der Waals surface area contributed by atoms with Gasteiger partial charge >= 0.3 is 7.48 Å². The minimum atomic E-state index is -0.954. The van der Waals surface area contributed by atoms with Crippen LogP contribution in [0.15, 0.2) is 59.8 Å². The van der Waals surface area contributed by atoms with E-state index in [0.717, 1.165) is 21.4 Å². The molecule has 4 nitrogen and oxygen atoms in total. The number of hydrogen-bond donors (Lipinski definition) is 1. The first-order valence-corrected chi connectivity index (χ1v) is 8.98. The van der Waals surface area contributed by atoms with Gasteiger partial charge in [0, 0.05) is 22.7 Å². The van der Waals surface area contributed by atoms with Crippen molar-refractivity contribution >= 4 is 35.9 Å². The zero-order valence-electron chi connectivity index (χ0n) is 14.9. The molecule has 0 amide bonds. The molecule has 0 aliphatic carbocycles. The van der Waals surface area contributed by atoms with Gasteiger partial charge in [-0.05, 0) is 69.4 Å². The first-order chi connectivity index (χ1) is 11.8. The van der Waals surface area contributed by atoms with Crippen molar-refractivity contribution in [3.8, 4) is 0 Å². The van der Waals surface area contributed by atoms with Crippen LogP contribution in [0.25, 0.3) is 11.0 Å². The molecule has 0 saturated carbocycles. The fourth-order valence-electron chi connectivity index (χ4n) is 2.16. The number of aromatic nitrogens is 2. The summed E-state index contributed by atoms with van der Waals surface area (Å²) in [5.74, 6) is 0.